The first-order valence-corrected chi connectivity index (χ1v) is 8.53. The lowest BCUT2D eigenvalue weighted by Gasteiger charge is -2.38. The van der Waals surface area contributed by atoms with Gasteiger partial charge >= 0.3 is 5.97 Å². The van der Waals surface area contributed by atoms with Crippen molar-refractivity contribution in [3.63, 3.8) is 0 Å². The summed E-state index contributed by atoms with van der Waals surface area (Å²) < 4.78 is 11.1. The predicted molar refractivity (Wildman–Crippen MR) is 84.5 cm³/mol. The summed E-state index contributed by atoms with van der Waals surface area (Å²) in [4.78, 5) is 43.2. The highest BCUT2D eigenvalue weighted by Gasteiger charge is 2.52. The topological polar surface area (TPSA) is 82.1 Å². The van der Waals surface area contributed by atoms with Crippen LogP contribution in [0, 0.1) is 5.41 Å². The van der Waals surface area contributed by atoms with Crippen molar-refractivity contribution in [3.05, 3.63) is 35.4 Å². The van der Waals surface area contributed by atoms with Gasteiger partial charge in [0.2, 0.25) is 0 Å². The highest BCUT2D eigenvalue weighted by atomic mass is 16.7. The Morgan fingerprint density at radius 1 is 1.08 bits per heavy atom. The van der Waals surface area contributed by atoms with Gasteiger partial charge in [-0.15, -0.1) is 0 Å². The molecule has 1 aromatic rings. The maximum absolute atomic E-state index is 13.0. The van der Waals surface area contributed by atoms with Crippen molar-refractivity contribution in [1.82, 2.24) is 5.06 Å². The first-order valence-electron chi connectivity index (χ1n) is 8.53. The molecule has 7 nitrogen and oxygen atoms in total. The number of carbonyl (C=O) groups is 3. The molecule has 3 aliphatic rings. The summed E-state index contributed by atoms with van der Waals surface area (Å²) in [6, 6.07) is 6.44. The highest BCUT2D eigenvalue weighted by molar-refractivity contribution is 6.20. The van der Waals surface area contributed by atoms with Crippen molar-refractivity contribution in [3.8, 4) is 0 Å². The lowest BCUT2D eigenvalue weighted by molar-refractivity contribution is -0.197. The molecule has 0 saturated carbocycles. The lowest BCUT2D eigenvalue weighted by atomic mass is 9.74. The van der Waals surface area contributed by atoms with Crippen LogP contribution in [0.15, 0.2) is 24.3 Å². The second-order valence-electron chi connectivity index (χ2n) is 6.60. The Morgan fingerprint density at radius 2 is 1.72 bits per heavy atom. The molecule has 132 valence electrons. The summed E-state index contributed by atoms with van der Waals surface area (Å²) in [7, 11) is 0. The van der Waals surface area contributed by atoms with Gasteiger partial charge in [0.25, 0.3) is 11.8 Å². The van der Waals surface area contributed by atoms with Gasteiger partial charge in [-0.2, -0.15) is 0 Å². The van der Waals surface area contributed by atoms with Crippen molar-refractivity contribution in [2.45, 2.75) is 31.8 Å². The first kappa shape index (κ1) is 16.2. The van der Waals surface area contributed by atoms with Crippen LogP contribution in [-0.4, -0.2) is 48.8 Å². The standard InChI is InChI=1S/C18H19NO6/c20-15-12-4-1-2-5-13(12)16(21)19(15)25-17(22)18(7-10-23-11-8-18)14-6-3-9-24-14/h1-2,4-5,14H,3,6-11H2. The zero-order valence-corrected chi connectivity index (χ0v) is 13.7. The summed E-state index contributed by atoms with van der Waals surface area (Å²) in [5.41, 5.74) is -0.374. The number of carbonyl (C=O) groups excluding carboxylic acids is 3. The minimum absolute atomic E-state index is 0.249. The largest absolute Gasteiger partial charge is 0.381 e. The molecule has 4 rings (SSSR count). The molecule has 1 atom stereocenters. The van der Waals surface area contributed by atoms with Crippen LogP contribution in [0.3, 0.4) is 0 Å². The number of ether oxygens (including phenoxy) is 2. The third-order valence-electron chi connectivity index (χ3n) is 5.27. The van der Waals surface area contributed by atoms with Crippen LogP contribution in [0.1, 0.15) is 46.4 Å². The number of imide groups is 1. The van der Waals surface area contributed by atoms with Gasteiger partial charge in [0, 0.05) is 19.8 Å². The van der Waals surface area contributed by atoms with E-state index in [-0.39, 0.29) is 17.2 Å². The fourth-order valence-electron chi connectivity index (χ4n) is 3.83. The van der Waals surface area contributed by atoms with E-state index in [9.17, 15) is 14.4 Å². The van der Waals surface area contributed by atoms with Gasteiger partial charge in [0.1, 0.15) is 5.41 Å². The number of amides is 2. The fourth-order valence-corrected chi connectivity index (χ4v) is 3.83. The molecule has 1 unspecified atom stereocenters. The van der Waals surface area contributed by atoms with Gasteiger partial charge in [0.05, 0.1) is 17.2 Å². The SMILES string of the molecule is O=C1c2ccccc2C(=O)N1OC(=O)C1(C2CCCO2)CCOCC1. The van der Waals surface area contributed by atoms with E-state index in [0.717, 1.165) is 12.8 Å². The predicted octanol–water partition coefficient (Wildman–Crippen LogP) is 1.72. The first-order chi connectivity index (χ1) is 12.1. The molecule has 0 N–H and O–H groups in total. The minimum Gasteiger partial charge on any atom is -0.381 e. The molecule has 0 aromatic heterocycles. The van der Waals surface area contributed by atoms with Crippen molar-refractivity contribution >= 4 is 17.8 Å². The molecule has 7 heteroatoms. The fraction of sp³-hybridized carbons (Fsp3) is 0.500. The Morgan fingerprint density at radius 3 is 2.28 bits per heavy atom. The second-order valence-corrected chi connectivity index (χ2v) is 6.60. The van der Waals surface area contributed by atoms with Crippen LogP contribution in [0.25, 0.3) is 0 Å². The summed E-state index contributed by atoms with van der Waals surface area (Å²) in [5, 5.41) is 0.583. The summed E-state index contributed by atoms with van der Waals surface area (Å²) in [5.74, 6) is -1.80. The number of hydroxylamine groups is 2. The van der Waals surface area contributed by atoms with Crippen LogP contribution in [-0.2, 0) is 19.1 Å². The van der Waals surface area contributed by atoms with Crippen molar-refractivity contribution in [1.29, 1.82) is 0 Å². The van der Waals surface area contributed by atoms with E-state index in [1.807, 2.05) is 0 Å². The van der Waals surface area contributed by atoms with Crippen molar-refractivity contribution in [2.24, 2.45) is 5.41 Å². The molecule has 3 heterocycles. The maximum atomic E-state index is 13.0. The molecular weight excluding hydrogens is 326 g/mol. The zero-order chi connectivity index (χ0) is 17.4. The lowest BCUT2D eigenvalue weighted by Crippen LogP contribution is -2.50. The molecule has 3 aliphatic heterocycles. The molecule has 25 heavy (non-hydrogen) atoms. The molecule has 2 saturated heterocycles. The van der Waals surface area contributed by atoms with Gasteiger partial charge in [-0.25, -0.2) is 4.79 Å². The Bertz CT molecular complexity index is 683. The van der Waals surface area contributed by atoms with Crippen LogP contribution in [0.4, 0.5) is 0 Å². The normalized spacial score (nSPS) is 25.1. The third-order valence-corrected chi connectivity index (χ3v) is 5.27. The van der Waals surface area contributed by atoms with Crippen LogP contribution >= 0.6 is 0 Å². The van der Waals surface area contributed by atoms with Gasteiger partial charge in [-0.3, -0.25) is 9.59 Å². The Hall–Kier alpha value is -2.25. The molecule has 2 amide bonds. The third kappa shape index (κ3) is 2.54. The molecule has 2 fully saturated rings. The van der Waals surface area contributed by atoms with Crippen molar-refractivity contribution in [2.75, 3.05) is 19.8 Å². The van der Waals surface area contributed by atoms with Gasteiger partial charge < -0.3 is 14.3 Å². The smallest absolute Gasteiger partial charge is 0.342 e. The van der Waals surface area contributed by atoms with Crippen LogP contribution in [0.2, 0.25) is 0 Å². The van der Waals surface area contributed by atoms with Gasteiger partial charge in [-0.05, 0) is 37.8 Å². The van der Waals surface area contributed by atoms with E-state index in [1.54, 1.807) is 24.3 Å². The summed E-state index contributed by atoms with van der Waals surface area (Å²) in [6.07, 6.45) is 2.29. The number of hydrogen-bond donors (Lipinski definition) is 0. The highest BCUT2D eigenvalue weighted by Crippen LogP contribution is 2.42. The van der Waals surface area contributed by atoms with E-state index in [1.165, 1.54) is 0 Å². The Balaban J connectivity index is 1.58. The minimum atomic E-state index is -0.871. The van der Waals surface area contributed by atoms with Crippen LogP contribution < -0.4 is 0 Å². The molecular formula is C18H19NO6. The average molecular weight is 345 g/mol. The quantitative estimate of drug-likeness (QED) is 0.776. The second kappa shape index (κ2) is 6.24. The Labute approximate surface area is 144 Å². The Kier molecular flexibility index (Phi) is 4.05. The zero-order valence-electron chi connectivity index (χ0n) is 13.7. The van der Waals surface area contributed by atoms with E-state index < -0.39 is 23.2 Å². The van der Waals surface area contributed by atoms with E-state index in [0.29, 0.717) is 37.7 Å². The van der Waals surface area contributed by atoms with E-state index in [4.69, 9.17) is 14.3 Å². The van der Waals surface area contributed by atoms with Crippen LogP contribution in [0.5, 0.6) is 0 Å². The van der Waals surface area contributed by atoms with Gasteiger partial charge in [-0.1, -0.05) is 17.2 Å². The van der Waals surface area contributed by atoms with Gasteiger partial charge in [0.15, 0.2) is 0 Å². The molecule has 0 bridgehead atoms. The average Bonchev–Trinajstić information content (AvgIpc) is 3.27. The molecule has 1 aromatic carbocycles. The molecule has 0 spiro atoms. The maximum Gasteiger partial charge on any atom is 0.342 e. The number of nitrogens with zero attached hydrogens (tertiary/aromatic N) is 1. The summed E-state index contributed by atoms with van der Waals surface area (Å²) >= 11 is 0. The molecule has 0 radical (unpaired) electrons. The number of hydrogen-bond acceptors (Lipinski definition) is 6. The van der Waals surface area contributed by atoms with E-state index in [2.05, 4.69) is 0 Å². The molecule has 0 aliphatic carbocycles. The number of fused-ring (bicyclic) bond motifs is 1. The number of benzene rings is 1. The van der Waals surface area contributed by atoms with Crippen molar-refractivity contribution < 1.29 is 28.7 Å². The monoisotopic (exact) mass is 345 g/mol. The van der Waals surface area contributed by atoms with E-state index >= 15 is 0 Å². The number of rotatable bonds is 3. The summed E-state index contributed by atoms with van der Waals surface area (Å²) in [6.45, 7) is 1.46.